The summed E-state index contributed by atoms with van der Waals surface area (Å²) < 4.78 is 5.02. The van der Waals surface area contributed by atoms with Crippen LogP contribution in [0.1, 0.15) is 30.6 Å². The molecule has 0 saturated carbocycles. The van der Waals surface area contributed by atoms with E-state index in [-0.39, 0.29) is 5.97 Å². The second kappa shape index (κ2) is 6.00. The SMILES string of the molecule is CCCOC(=O)c1ccc(NCC)c(N)c1. The number of esters is 1. The van der Waals surface area contributed by atoms with Crippen LogP contribution >= 0.6 is 0 Å². The van der Waals surface area contributed by atoms with Crippen LogP contribution < -0.4 is 11.1 Å². The van der Waals surface area contributed by atoms with Crippen molar-refractivity contribution in [2.75, 3.05) is 24.2 Å². The molecule has 4 nitrogen and oxygen atoms in total. The molecule has 0 aliphatic carbocycles. The van der Waals surface area contributed by atoms with Crippen molar-refractivity contribution in [3.8, 4) is 0 Å². The van der Waals surface area contributed by atoms with Crippen molar-refractivity contribution >= 4 is 17.3 Å². The number of hydrogen-bond donors (Lipinski definition) is 2. The van der Waals surface area contributed by atoms with Gasteiger partial charge in [-0.2, -0.15) is 0 Å². The predicted octanol–water partition coefficient (Wildman–Crippen LogP) is 2.27. The van der Waals surface area contributed by atoms with E-state index in [4.69, 9.17) is 10.5 Å². The number of benzene rings is 1. The minimum Gasteiger partial charge on any atom is -0.462 e. The molecule has 1 aromatic rings. The first-order valence-electron chi connectivity index (χ1n) is 5.49. The zero-order valence-corrected chi connectivity index (χ0v) is 9.75. The zero-order valence-electron chi connectivity index (χ0n) is 9.75. The Bertz CT molecular complexity index is 364. The van der Waals surface area contributed by atoms with Crippen LogP contribution in [0.5, 0.6) is 0 Å². The molecule has 0 spiro atoms. The number of nitrogen functional groups attached to an aromatic ring is 1. The van der Waals surface area contributed by atoms with Crippen LogP contribution in [0.15, 0.2) is 18.2 Å². The summed E-state index contributed by atoms with van der Waals surface area (Å²) in [6.07, 6.45) is 0.816. The topological polar surface area (TPSA) is 64.3 Å². The number of ether oxygens (including phenoxy) is 1. The van der Waals surface area contributed by atoms with E-state index in [1.165, 1.54) is 0 Å². The smallest absolute Gasteiger partial charge is 0.338 e. The number of hydrogen-bond acceptors (Lipinski definition) is 4. The summed E-state index contributed by atoms with van der Waals surface area (Å²) in [5.74, 6) is -0.323. The molecule has 0 radical (unpaired) electrons. The van der Waals surface area contributed by atoms with Crippen LogP contribution in [0, 0.1) is 0 Å². The van der Waals surface area contributed by atoms with Crippen molar-refractivity contribution in [3.05, 3.63) is 23.8 Å². The third-order valence-electron chi connectivity index (χ3n) is 2.09. The quantitative estimate of drug-likeness (QED) is 0.592. The minimum absolute atomic E-state index is 0.323. The van der Waals surface area contributed by atoms with Crippen LogP contribution in [0.3, 0.4) is 0 Å². The van der Waals surface area contributed by atoms with Gasteiger partial charge in [0, 0.05) is 6.54 Å². The molecule has 0 aromatic heterocycles. The number of carbonyl (C=O) groups excluding carboxylic acids is 1. The van der Waals surface area contributed by atoms with Gasteiger partial charge in [-0.3, -0.25) is 0 Å². The molecule has 16 heavy (non-hydrogen) atoms. The first-order valence-corrected chi connectivity index (χ1v) is 5.49. The second-order valence-electron chi connectivity index (χ2n) is 3.47. The zero-order chi connectivity index (χ0) is 12.0. The summed E-state index contributed by atoms with van der Waals surface area (Å²) >= 11 is 0. The monoisotopic (exact) mass is 222 g/mol. The molecular formula is C12H18N2O2. The molecule has 88 valence electrons. The lowest BCUT2D eigenvalue weighted by atomic mass is 10.1. The van der Waals surface area contributed by atoms with Gasteiger partial charge in [-0.15, -0.1) is 0 Å². The summed E-state index contributed by atoms with van der Waals surface area (Å²) in [6, 6.07) is 5.14. The van der Waals surface area contributed by atoms with Crippen LogP contribution in [0.2, 0.25) is 0 Å². The van der Waals surface area contributed by atoms with Crippen LogP contribution in [-0.4, -0.2) is 19.1 Å². The maximum Gasteiger partial charge on any atom is 0.338 e. The van der Waals surface area contributed by atoms with Crippen molar-refractivity contribution in [1.29, 1.82) is 0 Å². The lowest BCUT2D eigenvalue weighted by Gasteiger charge is -2.09. The summed E-state index contributed by atoms with van der Waals surface area (Å²) in [5.41, 5.74) is 7.70. The third-order valence-corrected chi connectivity index (χ3v) is 2.09. The Hall–Kier alpha value is -1.71. The van der Waals surface area contributed by atoms with Gasteiger partial charge in [0.25, 0.3) is 0 Å². The fourth-order valence-electron chi connectivity index (χ4n) is 1.32. The Labute approximate surface area is 95.8 Å². The standard InChI is InChI=1S/C12H18N2O2/c1-3-7-16-12(15)9-5-6-11(14-4-2)10(13)8-9/h5-6,8,14H,3-4,7,13H2,1-2H3. The van der Waals surface area contributed by atoms with Gasteiger partial charge in [-0.1, -0.05) is 6.92 Å². The molecule has 0 aliphatic rings. The molecule has 0 atom stereocenters. The molecule has 0 amide bonds. The van der Waals surface area contributed by atoms with E-state index in [1.807, 2.05) is 13.8 Å². The number of carbonyl (C=O) groups is 1. The molecule has 0 unspecified atom stereocenters. The minimum atomic E-state index is -0.323. The summed E-state index contributed by atoms with van der Waals surface area (Å²) in [4.78, 5) is 11.5. The van der Waals surface area contributed by atoms with Crippen molar-refractivity contribution in [3.63, 3.8) is 0 Å². The van der Waals surface area contributed by atoms with Crippen molar-refractivity contribution in [1.82, 2.24) is 0 Å². The van der Waals surface area contributed by atoms with Gasteiger partial charge in [-0.05, 0) is 31.5 Å². The Kier molecular flexibility index (Phi) is 4.64. The summed E-state index contributed by atoms with van der Waals surface area (Å²) in [5, 5.41) is 3.11. The van der Waals surface area contributed by atoms with Crippen molar-refractivity contribution < 1.29 is 9.53 Å². The maximum atomic E-state index is 11.5. The Morgan fingerprint density at radius 1 is 1.44 bits per heavy atom. The van der Waals surface area contributed by atoms with E-state index in [0.717, 1.165) is 18.7 Å². The first kappa shape index (κ1) is 12.4. The number of rotatable bonds is 5. The average molecular weight is 222 g/mol. The number of nitrogens with one attached hydrogen (secondary N) is 1. The highest BCUT2D eigenvalue weighted by atomic mass is 16.5. The Morgan fingerprint density at radius 3 is 2.75 bits per heavy atom. The molecule has 0 aliphatic heterocycles. The summed E-state index contributed by atoms with van der Waals surface area (Å²) in [6.45, 7) is 5.18. The molecule has 0 saturated heterocycles. The largest absolute Gasteiger partial charge is 0.462 e. The molecule has 4 heteroatoms. The normalized spacial score (nSPS) is 9.88. The van der Waals surface area contributed by atoms with Crippen molar-refractivity contribution in [2.24, 2.45) is 0 Å². The summed E-state index contributed by atoms with van der Waals surface area (Å²) in [7, 11) is 0. The highest BCUT2D eigenvalue weighted by Gasteiger charge is 2.08. The highest BCUT2D eigenvalue weighted by molar-refractivity contribution is 5.91. The lowest BCUT2D eigenvalue weighted by Crippen LogP contribution is -2.08. The van der Waals surface area contributed by atoms with Gasteiger partial charge in [0.05, 0.1) is 23.5 Å². The third kappa shape index (κ3) is 3.15. The maximum absolute atomic E-state index is 11.5. The van der Waals surface area contributed by atoms with E-state index in [1.54, 1.807) is 18.2 Å². The van der Waals surface area contributed by atoms with Gasteiger partial charge >= 0.3 is 5.97 Å². The van der Waals surface area contributed by atoms with Gasteiger partial charge in [0.2, 0.25) is 0 Å². The predicted molar refractivity (Wildman–Crippen MR) is 65.6 cm³/mol. The van der Waals surface area contributed by atoms with Crippen LogP contribution in [0.4, 0.5) is 11.4 Å². The Balaban J connectivity index is 2.76. The van der Waals surface area contributed by atoms with Crippen LogP contribution in [0.25, 0.3) is 0 Å². The molecule has 3 N–H and O–H groups in total. The number of anilines is 2. The fourth-order valence-corrected chi connectivity index (χ4v) is 1.32. The fraction of sp³-hybridized carbons (Fsp3) is 0.417. The second-order valence-corrected chi connectivity index (χ2v) is 3.47. The van der Waals surface area contributed by atoms with Gasteiger partial charge in [-0.25, -0.2) is 4.79 Å². The van der Waals surface area contributed by atoms with E-state index in [2.05, 4.69) is 5.32 Å². The first-order chi connectivity index (χ1) is 7.69. The molecule has 1 rings (SSSR count). The van der Waals surface area contributed by atoms with E-state index in [0.29, 0.717) is 17.9 Å². The molecule has 0 bridgehead atoms. The van der Waals surface area contributed by atoms with E-state index in [9.17, 15) is 4.79 Å². The van der Waals surface area contributed by atoms with E-state index < -0.39 is 0 Å². The molecular weight excluding hydrogens is 204 g/mol. The highest BCUT2D eigenvalue weighted by Crippen LogP contribution is 2.20. The molecule has 0 heterocycles. The molecule has 0 fully saturated rings. The average Bonchev–Trinajstić information content (AvgIpc) is 2.29. The van der Waals surface area contributed by atoms with Gasteiger partial charge in [0.1, 0.15) is 0 Å². The molecule has 1 aromatic carbocycles. The van der Waals surface area contributed by atoms with Crippen LogP contribution in [-0.2, 0) is 4.74 Å². The van der Waals surface area contributed by atoms with E-state index >= 15 is 0 Å². The Morgan fingerprint density at radius 2 is 2.19 bits per heavy atom. The van der Waals surface area contributed by atoms with Gasteiger partial charge in [0.15, 0.2) is 0 Å². The lowest BCUT2D eigenvalue weighted by molar-refractivity contribution is 0.0505. The van der Waals surface area contributed by atoms with Crippen molar-refractivity contribution in [2.45, 2.75) is 20.3 Å². The number of nitrogens with two attached hydrogens (primary N) is 1. The van der Waals surface area contributed by atoms with Gasteiger partial charge < -0.3 is 15.8 Å².